The summed E-state index contributed by atoms with van der Waals surface area (Å²) in [6, 6.07) is 38.3. The lowest BCUT2D eigenvalue weighted by Crippen LogP contribution is -2.00. The van der Waals surface area contributed by atoms with Gasteiger partial charge in [-0.3, -0.25) is 0 Å². The maximum Gasteiger partial charge on any atom is 0.164 e. The molecule has 10 rings (SSSR count). The highest BCUT2D eigenvalue weighted by Crippen LogP contribution is 2.39. The van der Waals surface area contributed by atoms with E-state index in [2.05, 4.69) is 0 Å². The smallest absolute Gasteiger partial charge is 0.164 e. The number of rotatable bonds is 5. The summed E-state index contributed by atoms with van der Waals surface area (Å²) in [5.41, 5.74) is 5.37. The summed E-state index contributed by atoms with van der Waals surface area (Å²) < 4.78 is 67.1. The van der Waals surface area contributed by atoms with Gasteiger partial charge in [0, 0.05) is 38.2 Å². The molecule has 0 aliphatic heterocycles. The zero-order chi connectivity index (χ0) is 38.2. The number of hydrogen-bond acceptors (Lipinski definition) is 5. The molecule has 0 saturated heterocycles. The fourth-order valence-electron chi connectivity index (χ4n) is 6.43. The third-order valence-electron chi connectivity index (χ3n) is 8.88. The van der Waals surface area contributed by atoms with Gasteiger partial charge in [0.15, 0.2) is 17.5 Å². The first-order chi connectivity index (χ1) is 27.3. The highest BCUT2D eigenvalue weighted by atomic mass is 16.3. The predicted molar refractivity (Wildman–Crippen MR) is 202 cm³/mol. The highest BCUT2D eigenvalue weighted by molar-refractivity contribution is 6.13. The lowest BCUT2D eigenvalue weighted by Gasteiger charge is -2.09. The largest absolute Gasteiger partial charge is 0.456 e. The molecule has 10 aromatic rings. The monoisotopic (exact) mass is 647 g/mol. The maximum absolute atomic E-state index is 9.48. The lowest BCUT2D eigenvalue weighted by atomic mass is 9.96. The number of aromatic nitrogens is 3. The molecule has 0 fully saturated rings. The van der Waals surface area contributed by atoms with Crippen LogP contribution in [0.4, 0.5) is 0 Å². The van der Waals surface area contributed by atoms with E-state index >= 15 is 0 Å². The topological polar surface area (TPSA) is 65.0 Å². The summed E-state index contributed by atoms with van der Waals surface area (Å²) in [6.45, 7) is 0. The highest BCUT2D eigenvalue weighted by Gasteiger charge is 2.17. The first kappa shape index (κ1) is 22.7. The molecule has 0 atom stereocenters. The van der Waals surface area contributed by atoms with Crippen LogP contribution in [0.5, 0.6) is 0 Å². The molecule has 0 radical (unpaired) electrons. The van der Waals surface area contributed by atoms with Crippen molar-refractivity contribution in [2.45, 2.75) is 0 Å². The zero-order valence-corrected chi connectivity index (χ0v) is 26.3. The molecule has 0 bridgehead atoms. The molecule has 0 unspecified atom stereocenters. The minimum Gasteiger partial charge on any atom is -0.456 e. The first-order valence-electron chi connectivity index (χ1n) is 19.1. The van der Waals surface area contributed by atoms with E-state index in [1.807, 2.05) is 127 Å². The number of fused-ring (bicyclic) bond motifs is 6. The second-order valence-electron chi connectivity index (χ2n) is 11.9. The maximum atomic E-state index is 9.48. The Kier molecular flexibility index (Phi) is 5.17. The van der Waals surface area contributed by atoms with Gasteiger partial charge in [0.1, 0.15) is 22.3 Å². The van der Waals surface area contributed by atoms with Crippen LogP contribution in [0.3, 0.4) is 0 Å². The minimum atomic E-state index is -0.348. The number of furan rings is 2. The van der Waals surface area contributed by atoms with Crippen LogP contribution >= 0.6 is 0 Å². The van der Waals surface area contributed by atoms with Gasteiger partial charge in [-0.05, 0) is 58.6 Å². The van der Waals surface area contributed by atoms with Crippen molar-refractivity contribution in [3.05, 3.63) is 164 Å². The molecule has 0 aliphatic rings. The normalized spacial score (nSPS) is 13.3. The predicted octanol–water partition coefficient (Wildman–Crippen LogP) is 12.0. The summed E-state index contributed by atoms with van der Waals surface area (Å²) >= 11 is 0. The van der Waals surface area contributed by atoms with Crippen molar-refractivity contribution in [2.75, 3.05) is 0 Å². The second kappa shape index (κ2) is 11.4. The van der Waals surface area contributed by atoms with Crippen molar-refractivity contribution >= 4 is 43.9 Å². The Morgan fingerprint density at radius 1 is 0.400 bits per heavy atom. The molecule has 50 heavy (non-hydrogen) atoms. The molecule has 0 spiro atoms. The lowest BCUT2D eigenvalue weighted by molar-refractivity contribution is 0.668. The van der Waals surface area contributed by atoms with E-state index in [0.717, 1.165) is 27.5 Å². The summed E-state index contributed by atoms with van der Waals surface area (Å²) in [7, 11) is 0. The zero-order valence-electron chi connectivity index (χ0n) is 32.3. The van der Waals surface area contributed by atoms with Crippen molar-refractivity contribution in [3.8, 4) is 56.4 Å². The quantitative estimate of drug-likeness (QED) is 0.186. The van der Waals surface area contributed by atoms with Crippen molar-refractivity contribution in [2.24, 2.45) is 0 Å². The Morgan fingerprint density at radius 2 is 1.00 bits per heavy atom. The van der Waals surface area contributed by atoms with E-state index in [4.69, 9.17) is 27.9 Å². The van der Waals surface area contributed by atoms with Crippen molar-refractivity contribution in [1.29, 1.82) is 0 Å². The van der Waals surface area contributed by atoms with Gasteiger partial charge in [0.25, 0.3) is 0 Å². The molecule has 0 saturated carbocycles. The number of benzene rings is 7. The first-order valence-corrected chi connectivity index (χ1v) is 16.1. The molecular weight excluding hydrogens is 615 g/mol. The van der Waals surface area contributed by atoms with Gasteiger partial charge in [-0.15, -0.1) is 0 Å². The molecule has 0 amide bonds. The molecule has 5 nitrogen and oxygen atoms in total. The van der Waals surface area contributed by atoms with Crippen LogP contribution in [0.15, 0.2) is 172 Å². The van der Waals surface area contributed by atoms with Gasteiger partial charge >= 0.3 is 0 Å². The average Bonchev–Trinajstić information content (AvgIpc) is 3.82. The molecule has 5 heteroatoms. The number of nitrogens with zero attached hydrogens (tertiary/aromatic N) is 3. The molecule has 3 heterocycles. The average molecular weight is 648 g/mol. The molecule has 0 aliphatic carbocycles. The minimum absolute atomic E-state index is 0.00501. The Morgan fingerprint density at radius 3 is 1.80 bits per heavy atom. The van der Waals surface area contributed by atoms with Gasteiger partial charge in [0.05, 0.1) is 8.22 Å². The number of para-hydroxylation sites is 1. The van der Waals surface area contributed by atoms with Crippen LogP contribution in [0.2, 0.25) is 0 Å². The van der Waals surface area contributed by atoms with E-state index < -0.39 is 0 Å². The molecular formula is C45H27N3O2. The standard InChI is InChI=1S/C45H27N3O2/c1-3-10-28(11-4-1)29-18-20-30(21-19-29)34-15-9-17-39-42(34)37-25-23-33(27-41(37)50-39)45-47-43(31-12-5-2-6-13-31)46-44(48-45)32-22-24-36-35-14-7-8-16-38(35)49-40(36)26-32/h1-27H/i9D,15D,17D,23D,25D,27D. The third kappa shape index (κ3) is 4.75. The molecule has 7 aromatic carbocycles. The fraction of sp³-hybridized carbons (Fsp3) is 0. The summed E-state index contributed by atoms with van der Waals surface area (Å²) in [5.74, 6) is 0.575. The van der Waals surface area contributed by atoms with E-state index in [9.17, 15) is 4.11 Å². The van der Waals surface area contributed by atoms with Gasteiger partial charge in [0.2, 0.25) is 0 Å². The van der Waals surface area contributed by atoms with Gasteiger partial charge in [-0.2, -0.15) is 0 Å². The molecule has 0 N–H and O–H groups in total. The third-order valence-corrected chi connectivity index (χ3v) is 8.88. The number of hydrogen-bond donors (Lipinski definition) is 0. The van der Waals surface area contributed by atoms with E-state index in [-0.39, 0.29) is 81.0 Å². The van der Waals surface area contributed by atoms with Crippen LogP contribution in [0.25, 0.3) is 100 Å². The second-order valence-corrected chi connectivity index (χ2v) is 11.9. The van der Waals surface area contributed by atoms with Crippen LogP contribution in [0, 0.1) is 0 Å². The Labute approximate surface area is 295 Å². The summed E-state index contributed by atoms with van der Waals surface area (Å²) in [5, 5.41) is 2.26. The van der Waals surface area contributed by atoms with Gasteiger partial charge in [-0.25, -0.2) is 15.0 Å². The Balaban J connectivity index is 1.20. The summed E-state index contributed by atoms with van der Waals surface area (Å²) in [6.07, 6.45) is 0. The van der Waals surface area contributed by atoms with E-state index in [0.29, 0.717) is 28.1 Å². The van der Waals surface area contributed by atoms with E-state index in [1.165, 1.54) is 0 Å². The Hall–Kier alpha value is -6.85. The van der Waals surface area contributed by atoms with Crippen LogP contribution in [0.1, 0.15) is 8.22 Å². The van der Waals surface area contributed by atoms with Crippen LogP contribution in [-0.2, 0) is 0 Å². The SMILES string of the molecule is [2H]c1c([2H])c(-c2ccc(-c3ccccc3)cc2)c2c(oc3c([2H])c(-c4nc(-c5ccccc5)nc(-c5ccc6c(c5)oc5ccccc56)n4)c([2H])c([2H])c32)c1[2H]. The van der Waals surface area contributed by atoms with Crippen molar-refractivity contribution < 1.29 is 17.1 Å². The van der Waals surface area contributed by atoms with Gasteiger partial charge in [-0.1, -0.05) is 127 Å². The van der Waals surface area contributed by atoms with Crippen LogP contribution in [-0.4, -0.2) is 15.0 Å². The van der Waals surface area contributed by atoms with Crippen molar-refractivity contribution in [3.63, 3.8) is 0 Å². The summed E-state index contributed by atoms with van der Waals surface area (Å²) in [4.78, 5) is 14.4. The van der Waals surface area contributed by atoms with E-state index in [1.54, 1.807) is 0 Å². The fourth-order valence-corrected chi connectivity index (χ4v) is 6.43. The Bertz CT molecular complexity index is 3200. The molecule has 3 aromatic heterocycles. The molecule has 234 valence electrons. The van der Waals surface area contributed by atoms with Crippen LogP contribution < -0.4 is 0 Å². The van der Waals surface area contributed by atoms with Gasteiger partial charge < -0.3 is 8.83 Å². The van der Waals surface area contributed by atoms with Crippen molar-refractivity contribution in [1.82, 2.24) is 15.0 Å².